The molecule has 0 aliphatic heterocycles. The average Bonchev–Trinajstić information content (AvgIpc) is 3.31. The molecule has 0 amide bonds. The lowest BCUT2D eigenvalue weighted by Crippen LogP contribution is -2.40. The summed E-state index contributed by atoms with van der Waals surface area (Å²) in [4.78, 5) is 25.1. The normalized spacial score (nSPS) is 16.3. The molecule has 214 valence electrons. The van der Waals surface area contributed by atoms with Crippen LogP contribution in [0.2, 0.25) is 0 Å². The highest BCUT2D eigenvalue weighted by atomic mass is 31.2. The fourth-order valence-corrected chi connectivity index (χ4v) is 5.20. The topological polar surface area (TPSA) is 185 Å². The molecule has 0 aliphatic rings. The molecule has 0 bridgehead atoms. The minimum Gasteiger partial charge on any atom is -0.462 e. The van der Waals surface area contributed by atoms with Gasteiger partial charge >= 0.3 is 13.7 Å². The summed E-state index contributed by atoms with van der Waals surface area (Å²) in [5.74, 6) is 0.108. The third-order valence-electron chi connectivity index (χ3n) is 5.73. The van der Waals surface area contributed by atoms with Crippen LogP contribution < -0.4 is 20.7 Å². The Kier molecular flexibility index (Phi) is 10.2. The fourth-order valence-electron chi connectivity index (χ4n) is 3.69. The van der Waals surface area contributed by atoms with E-state index in [0.29, 0.717) is 17.0 Å². The van der Waals surface area contributed by atoms with E-state index in [9.17, 15) is 14.5 Å². The van der Waals surface area contributed by atoms with Crippen LogP contribution in [0, 0.1) is 0 Å². The van der Waals surface area contributed by atoms with Crippen molar-refractivity contribution in [2.24, 2.45) is 0 Å². The van der Waals surface area contributed by atoms with Crippen LogP contribution in [0.15, 0.2) is 36.7 Å². The molecule has 1 aromatic carbocycles. The number of hydrogen-bond acceptors (Lipinski definition) is 12. The van der Waals surface area contributed by atoms with Gasteiger partial charge in [0.05, 0.1) is 25.1 Å². The lowest BCUT2D eigenvalue weighted by atomic mass is 10.1. The summed E-state index contributed by atoms with van der Waals surface area (Å²) < 4.78 is 37.4. The standard InChI is InChI=1S/C24H36N7O7P/c1-14(2)37-23(33)15(3)30-39(34,38-17-10-8-7-9-11-17)36-12-18(35-6)20(32)16(4)31-13-27-19-21(26-5)28-24(25)29-22(19)31/h7-11,13-16,18,20,32H,12H2,1-6H3,(H,30,34)(H3,25,26,28,29)/t15-,16-,18?,20-,39?/m0/s1. The minimum absolute atomic E-state index is 0.0390. The first-order valence-electron chi connectivity index (χ1n) is 12.3. The van der Waals surface area contributed by atoms with Crippen molar-refractivity contribution in [3.8, 4) is 5.75 Å². The van der Waals surface area contributed by atoms with Gasteiger partial charge in [-0.3, -0.25) is 9.32 Å². The van der Waals surface area contributed by atoms with Gasteiger partial charge in [-0.2, -0.15) is 15.1 Å². The molecule has 0 spiro atoms. The summed E-state index contributed by atoms with van der Waals surface area (Å²) in [6.45, 7) is 6.28. The maximum absolute atomic E-state index is 13.8. The van der Waals surface area contributed by atoms with Gasteiger partial charge in [-0.25, -0.2) is 9.55 Å². The number of anilines is 2. The van der Waals surface area contributed by atoms with Gasteiger partial charge < -0.3 is 34.7 Å². The molecule has 15 heteroatoms. The number of nitrogen functional groups attached to an aromatic ring is 1. The molecule has 39 heavy (non-hydrogen) atoms. The predicted octanol–water partition coefficient (Wildman–Crippen LogP) is 2.52. The van der Waals surface area contributed by atoms with E-state index in [4.69, 9.17) is 24.3 Å². The lowest BCUT2D eigenvalue weighted by molar-refractivity contribution is -0.149. The highest BCUT2D eigenvalue weighted by Gasteiger charge is 2.36. The molecule has 0 fully saturated rings. The quantitative estimate of drug-likeness (QED) is 0.165. The SMILES string of the molecule is CNc1nc(N)nc2c1ncn2[C@@H](C)[C@H](O)C(COP(=O)(N[C@@H](C)C(=O)OC(C)C)Oc1ccccc1)OC. The van der Waals surface area contributed by atoms with Gasteiger partial charge in [0.2, 0.25) is 5.95 Å². The Morgan fingerprint density at radius 1 is 1.18 bits per heavy atom. The van der Waals surface area contributed by atoms with Crippen LogP contribution in [0.25, 0.3) is 11.2 Å². The highest BCUT2D eigenvalue weighted by molar-refractivity contribution is 7.52. The zero-order valence-corrected chi connectivity index (χ0v) is 23.7. The van der Waals surface area contributed by atoms with E-state index >= 15 is 0 Å². The number of hydrogen-bond donors (Lipinski definition) is 4. The molecule has 2 unspecified atom stereocenters. The molecule has 0 saturated heterocycles. The van der Waals surface area contributed by atoms with Gasteiger partial charge in [0, 0.05) is 14.2 Å². The maximum atomic E-state index is 13.8. The number of carbonyl (C=O) groups excluding carboxylic acids is 1. The van der Waals surface area contributed by atoms with Crippen molar-refractivity contribution in [1.82, 2.24) is 24.6 Å². The van der Waals surface area contributed by atoms with Gasteiger partial charge in [0.25, 0.3) is 0 Å². The molecule has 3 rings (SSSR count). The van der Waals surface area contributed by atoms with Crippen LogP contribution in [0.4, 0.5) is 11.8 Å². The van der Waals surface area contributed by atoms with E-state index in [2.05, 4.69) is 25.4 Å². The Morgan fingerprint density at radius 3 is 2.49 bits per heavy atom. The first-order chi connectivity index (χ1) is 18.5. The second kappa shape index (κ2) is 13.2. The number of ether oxygens (including phenoxy) is 2. The molecule has 2 aromatic heterocycles. The first-order valence-corrected chi connectivity index (χ1v) is 13.9. The Balaban J connectivity index is 1.80. The zero-order chi connectivity index (χ0) is 28.7. The smallest absolute Gasteiger partial charge is 0.459 e. The summed E-state index contributed by atoms with van der Waals surface area (Å²) in [6, 6.07) is 6.72. The molecule has 0 saturated carbocycles. The van der Waals surface area contributed by atoms with Crippen molar-refractivity contribution in [2.45, 2.75) is 58.1 Å². The van der Waals surface area contributed by atoms with E-state index in [0.717, 1.165) is 0 Å². The number of rotatable bonds is 14. The summed E-state index contributed by atoms with van der Waals surface area (Å²) in [5.41, 5.74) is 6.73. The van der Waals surface area contributed by atoms with Crippen LogP contribution >= 0.6 is 7.75 Å². The molecule has 5 atom stereocenters. The van der Waals surface area contributed by atoms with Gasteiger partial charge in [-0.05, 0) is 39.8 Å². The van der Waals surface area contributed by atoms with Crippen molar-refractivity contribution in [3.05, 3.63) is 36.7 Å². The number of nitrogens with one attached hydrogen (secondary N) is 2. The van der Waals surface area contributed by atoms with Gasteiger partial charge in [-0.15, -0.1) is 0 Å². The number of imidazole rings is 1. The number of carbonyl (C=O) groups is 1. The largest absolute Gasteiger partial charge is 0.462 e. The van der Waals surface area contributed by atoms with Gasteiger partial charge in [-0.1, -0.05) is 18.2 Å². The second-order valence-corrected chi connectivity index (χ2v) is 10.7. The second-order valence-electron chi connectivity index (χ2n) is 9.04. The number of fused-ring (bicyclic) bond motifs is 1. The number of aliphatic hydroxyl groups is 1. The van der Waals surface area contributed by atoms with E-state index in [-0.39, 0.29) is 24.4 Å². The monoisotopic (exact) mass is 565 g/mol. The Labute approximate surface area is 226 Å². The average molecular weight is 566 g/mol. The van der Waals surface area contributed by atoms with Crippen LogP contribution in [0.5, 0.6) is 5.75 Å². The summed E-state index contributed by atoms with van der Waals surface area (Å²) in [6.07, 6.45) is -0.993. The minimum atomic E-state index is -4.15. The number of benzene rings is 1. The number of aromatic nitrogens is 4. The highest BCUT2D eigenvalue weighted by Crippen LogP contribution is 2.45. The van der Waals surface area contributed by atoms with E-state index in [1.54, 1.807) is 62.7 Å². The Bertz CT molecular complexity index is 1290. The first kappa shape index (κ1) is 30.3. The summed E-state index contributed by atoms with van der Waals surface area (Å²) >= 11 is 0. The molecule has 3 aromatic rings. The van der Waals surface area contributed by atoms with Crippen molar-refractivity contribution in [2.75, 3.05) is 31.8 Å². The van der Waals surface area contributed by atoms with Crippen LogP contribution in [0.1, 0.15) is 33.7 Å². The predicted molar refractivity (Wildman–Crippen MR) is 145 cm³/mol. The number of para-hydroxylation sites is 1. The molecule has 5 N–H and O–H groups in total. The van der Waals surface area contributed by atoms with Crippen molar-refractivity contribution in [3.63, 3.8) is 0 Å². The van der Waals surface area contributed by atoms with E-state index in [1.165, 1.54) is 20.4 Å². The summed E-state index contributed by atoms with van der Waals surface area (Å²) in [5, 5.41) is 16.7. The zero-order valence-electron chi connectivity index (χ0n) is 22.8. The molecular formula is C24H36N7O7P. The Morgan fingerprint density at radius 2 is 1.87 bits per heavy atom. The van der Waals surface area contributed by atoms with Gasteiger partial charge in [0.1, 0.15) is 24.0 Å². The maximum Gasteiger partial charge on any atom is 0.459 e. The fraction of sp³-hybridized carbons (Fsp3) is 0.500. The van der Waals surface area contributed by atoms with Crippen LogP contribution in [-0.4, -0.2) is 75.7 Å². The molecule has 2 heterocycles. The number of methoxy groups -OCH3 is 1. The number of nitrogens with two attached hydrogens (primary N) is 1. The molecule has 0 aliphatic carbocycles. The van der Waals surface area contributed by atoms with E-state index in [1.807, 2.05) is 0 Å². The van der Waals surface area contributed by atoms with Crippen molar-refractivity contribution in [1.29, 1.82) is 0 Å². The molecular weight excluding hydrogens is 529 g/mol. The lowest BCUT2D eigenvalue weighted by Gasteiger charge is -2.29. The van der Waals surface area contributed by atoms with Crippen molar-refractivity contribution < 1.29 is 33.0 Å². The number of nitrogens with zero attached hydrogens (tertiary/aromatic N) is 4. The number of esters is 1. The van der Waals surface area contributed by atoms with Crippen LogP contribution in [-0.2, 0) is 23.4 Å². The number of aliphatic hydroxyl groups excluding tert-OH is 1. The molecule has 14 nitrogen and oxygen atoms in total. The van der Waals surface area contributed by atoms with Gasteiger partial charge in [0.15, 0.2) is 17.0 Å². The van der Waals surface area contributed by atoms with Crippen LogP contribution in [0.3, 0.4) is 0 Å². The Hall–Kier alpha value is -3.29. The van der Waals surface area contributed by atoms with E-state index < -0.39 is 38.0 Å². The summed E-state index contributed by atoms with van der Waals surface area (Å²) in [7, 11) is -1.09. The molecule has 0 radical (unpaired) electrons. The van der Waals surface area contributed by atoms with Crippen molar-refractivity contribution >= 4 is 36.6 Å². The third-order valence-corrected chi connectivity index (χ3v) is 7.37. The third kappa shape index (κ3) is 7.64.